The van der Waals surface area contributed by atoms with Crippen molar-refractivity contribution in [3.8, 4) is 6.07 Å². The molecule has 4 atom stereocenters. The fourth-order valence-corrected chi connectivity index (χ4v) is 16.8. The van der Waals surface area contributed by atoms with E-state index in [-0.39, 0.29) is 28.8 Å². The van der Waals surface area contributed by atoms with Crippen molar-refractivity contribution in [3.05, 3.63) is 33.1 Å². The molecule has 0 amide bonds. The lowest BCUT2D eigenvalue weighted by Crippen LogP contribution is -2.67. The average Bonchev–Trinajstić information content (AvgIpc) is 2.93. The van der Waals surface area contributed by atoms with E-state index in [9.17, 15) is 20.0 Å². The molecule has 3 rings (SSSR count). The highest BCUT2D eigenvalue weighted by Crippen LogP contribution is 2.52. The molecule has 1 aromatic rings. The van der Waals surface area contributed by atoms with Crippen molar-refractivity contribution in [3.63, 3.8) is 0 Å². The van der Waals surface area contributed by atoms with E-state index in [0.29, 0.717) is 0 Å². The zero-order valence-electron chi connectivity index (χ0n) is 22.1. The summed E-state index contributed by atoms with van der Waals surface area (Å²) in [5.74, 6) is 0. The maximum absolute atomic E-state index is 12.7. The van der Waals surface area contributed by atoms with Gasteiger partial charge < -0.3 is 22.8 Å². The number of aromatic nitrogens is 2. The molecule has 2 aliphatic rings. The smallest absolute Gasteiger partial charge is 0.335 e. The van der Waals surface area contributed by atoms with Gasteiger partial charge in [-0.1, -0.05) is 55.4 Å². The first kappa shape index (κ1) is 28.0. The summed E-state index contributed by atoms with van der Waals surface area (Å²) in [4.78, 5) is 26.6. The Kier molecular flexibility index (Phi) is 7.49. The molecule has 2 saturated heterocycles. The number of hydrogen-bond acceptors (Lipinski definition) is 8. The molecule has 3 heterocycles. The van der Waals surface area contributed by atoms with Crippen LogP contribution in [0.25, 0.3) is 0 Å². The number of nitriles is 1. The summed E-state index contributed by atoms with van der Waals surface area (Å²) in [5, 5.41) is 22.2. The lowest BCUT2D eigenvalue weighted by Gasteiger charge is -2.52. The van der Waals surface area contributed by atoms with Crippen LogP contribution in [0, 0.1) is 11.3 Å². The highest BCUT2D eigenvalue weighted by atomic mass is 28.5. The second-order valence-electron chi connectivity index (χ2n) is 11.1. The third-order valence-corrected chi connectivity index (χ3v) is 17.8. The Morgan fingerprint density at radius 1 is 1.09 bits per heavy atom. The van der Waals surface area contributed by atoms with E-state index in [1.165, 1.54) is 6.92 Å². The first-order chi connectivity index (χ1) is 16.1. The van der Waals surface area contributed by atoms with Gasteiger partial charge in [0.1, 0.15) is 18.3 Å². The summed E-state index contributed by atoms with van der Waals surface area (Å²) in [6.07, 6.45) is -0.698. The fourth-order valence-electron chi connectivity index (χ4n) is 5.55. The van der Waals surface area contributed by atoms with Crippen molar-refractivity contribution < 1.29 is 22.8 Å². The molecule has 10 nitrogen and oxygen atoms in total. The van der Waals surface area contributed by atoms with E-state index in [1.54, 1.807) is 0 Å². The van der Waals surface area contributed by atoms with Crippen LogP contribution in [0.2, 0.25) is 22.2 Å². The molecule has 2 fully saturated rings. The molecule has 35 heavy (non-hydrogen) atoms. The minimum atomic E-state index is -3.11. The van der Waals surface area contributed by atoms with Crippen LogP contribution >= 0.6 is 0 Å². The number of ether oxygens (including phenoxy) is 1. The molecule has 2 aliphatic heterocycles. The number of rotatable bonds is 5. The normalized spacial score (nSPS) is 32.5. The fraction of sp³-hybridized carbons (Fsp3) is 0.783. The standard InChI is InChI=1S/C23H39N3O7Si2/c1-14(2)34(15(3)4)30-12-18-20(32-35(33-34,16(5)6)17(7)8)22(9,29)23(13-24,31-18)26-11-10-19(27)25-21(26)28/h10-11,14-18,20,29H,12H2,1-9H3,(H,25,27,28). The molecule has 4 unspecified atom stereocenters. The van der Waals surface area contributed by atoms with E-state index in [4.69, 9.17) is 17.7 Å². The number of fused-ring (bicyclic) bond motifs is 1. The number of aliphatic hydroxyl groups is 1. The third kappa shape index (κ3) is 4.11. The first-order valence-corrected chi connectivity index (χ1v) is 16.2. The summed E-state index contributed by atoms with van der Waals surface area (Å²) < 4.78 is 27.8. The predicted molar refractivity (Wildman–Crippen MR) is 134 cm³/mol. The lowest BCUT2D eigenvalue weighted by atomic mass is 9.88. The van der Waals surface area contributed by atoms with Gasteiger partial charge in [0.25, 0.3) is 11.3 Å². The molecule has 1 aromatic heterocycles. The maximum atomic E-state index is 12.7. The largest absolute Gasteiger partial charge is 0.414 e. The molecule has 0 bridgehead atoms. The summed E-state index contributed by atoms with van der Waals surface area (Å²) in [5.41, 5.74) is -5.39. The Morgan fingerprint density at radius 2 is 1.63 bits per heavy atom. The SMILES string of the molecule is CC(C)[Si]1(C(C)C)OCC2OC(C#N)(n3ccc(=O)[nH]c3=O)C(C)(O)C2O[Si](C(C)C)(C(C)C)O1. The number of aromatic amines is 1. The van der Waals surface area contributed by atoms with Crippen molar-refractivity contribution in [2.45, 2.75) is 108 Å². The van der Waals surface area contributed by atoms with E-state index in [0.717, 1.165) is 16.8 Å². The summed E-state index contributed by atoms with van der Waals surface area (Å²) >= 11 is 0. The summed E-state index contributed by atoms with van der Waals surface area (Å²) in [7, 11) is -5.98. The highest BCUT2D eigenvalue weighted by Gasteiger charge is 2.70. The van der Waals surface area contributed by atoms with Crippen LogP contribution in [0.3, 0.4) is 0 Å². The van der Waals surface area contributed by atoms with Gasteiger partial charge in [0.05, 0.1) is 6.61 Å². The second-order valence-corrected chi connectivity index (χ2v) is 19.9. The molecule has 12 heteroatoms. The predicted octanol–water partition coefficient (Wildman–Crippen LogP) is 2.82. The van der Waals surface area contributed by atoms with Crippen molar-refractivity contribution in [1.82, 2.24) is 9.55 Å². The lowest BCUT2D eigenvalue weighted by molar-refractivity contribution is -0.150. The zero-order valence-corrected chi connectivity index (χ0v) is 24.1. The number of hydrogen-bond donors (Lipinski definition) is 2. The van der Waals surface area contributed by atoms with E-state index >= 15 is 0 Å². The molecular weight excluding hydrogens is 486 g/mol. The van der Waals surface area contributed by atoms with Crippen LogP contribution < -0.4 is 11.2 Å². The van der Waals surface area contributed by atoms with Crippen LogP contribution in [0.15, 0.2) is 21.9 Å². The van der Waals surface area contributed by atoms with Gasteiger partial charge in [0, 0.05) is 12.3 Å². The molecule has 0 radical (unpaired) electrons. The Labute approximate surface area is 208 Å². The summed E-state index contributed by atoms with van der Waals surface area (Å²) in [6.45, 7) is 18.0. The quantitative estimate of drug-likeness (QED) is 0.560. The second kappa shape index (κ2) is 9.37. The van der Waals surface area contributed by atoms with Crippen LogP contribution in [-0.4, -0.2) is 56.2 Å². The van der Waals surface area contributed by atoms with E-state index < -0.39 is 51.9 Å². The molecule has 0 aliphatic carbocycles. The van der Waals surface area contributed by atoms with Gasteiger partial charge in [0.15, 0.2) is 5.60 Å². The molecular formula is C23H39N3O7Si2. The van der Waals surface area contributed by atoms with Crippen LogP contribution in [0.5, 0.6) is 0 Å². The molecule has 2 N–H and O–H groups in total. The zero-order chi connectivity index (χ0) is 26.6. The minimum absolute atomic E-state index is 0.00193. The van der Waals surface area contributed by atoms with Crippen LogP contribution in [0.1, 0.15) is 62.3 Å². The summed E-state index contributed by atoms with van der Waals surface area (Å²) in [6, 6.07) is 3.12. The van der Waals surface area contributed by atoms with Crippen molar-refractivity contribution in [2.24, 2.45) is 0 Å². The van der Waals surface area contributed by atoms with Gasteiger partial charge in [-0.05, 0) is 29.1 Å². The Morgan fingerprint density at radius 3 is 2.09 bits per heavy atom. The maximum Gasteiger partial charge on any atom is 0.335 e. The van der Waals surface area contributed by atoms with Crippen LogP contribution in [-0.2, 0) is 23.4 Å². The Balaban J connectivity index is 2.25. The third-order valence-electron chi connectivity index (χ3n) is 7.54. The highest BCUT2D eigenvalue weighted by molar-refractivity contribution is 6.84. The number of nitrogens with zero attached hydrogens (tertiary/aromatic N) is 2. The molecule has 0 spiro atoms. The van der Waals surface area contributed by atoms with Gasteiger partial charge in [-0.25, -0.2) is 4.79 Å². The average molecular weight is 526 g/mol. The van der Waals surface area contributed by atoms with Crippen LogP contribution in [0.4, 0.5) is 0 Å². The Hall–Kier alpha value is -1.60. The molecule has 0 aromatic carbocycles. The van der Waals surface area contributed by atoms with Gasteiger partial charge in [0.2, 0.25) is 0 Å². The number of nitrogens with one attached hydrogen (secondary N) is 1. The van der Waals surface area contributed by atoms with Gasteiger partial charge in [-0.2, -0.15) is 5.26 Å². The molecule has 196 valence electrons. The van der Waals surface area contributed by atoms with Gasteiger partial charge >= 0.3 is 22.8 Å². The van der Waals surface area contributed by atoms with Crippen molar-refractivity contribution in [1.29, 1.82) is 5.26 Å². The van der Waals surface area contributed by atoms with Gasteiger partial charge in [-0.15, -0.1) is 0 Å². The topological polar surface area (TPSA) is 136 Å². The molecule has 0 saturated carbocycles. The first-order valence-electron chi connectivity index (χ1n) is 12.3. The Bertz CT molecular complexity index is 1080. The number of H-pyrrole nitrogens is 1. The van der Waals surface area contributed by atoms with E-state index in [2.05, 4.69) is 60.4 Å². The van der Waals surface area contributed by atoms with Crippen molar-refractivity contribution in [2.75, 3.05) is 6.61 Å². The van der Waals surface area contributed by atoms with Gasteiger partial charge in [-0.3, -0.25) is 14.3 Å². The van der Waals surface area contributed by atoms with Crippen molar-refractivity contribution >= 4 is 17.1 Å². The van der Waals surface area contributed by atoms with E-state index in [1.807, 2.05) is 6.07 Å². The minimum Gasteiger partial charge on any atom is -0.414 e. The monoisotopic (exact) mass is 525 g/mol.